The van der Waals surface area contributed by atoms with Crippen LogP contribution >= 0.6 is 0 Å². The van der Waals surface area contributed by atoms with Crippen molar-refractivity contribution < 1.29 is 9.53 Å². The van der Waals surface area contributed by atoms with Crippen molar-refractivity contribution in [2.24, 2.45) is 11.8 Å². The Balaban J connectivity index is 4.00. The molecule has 0 aromatic rings. The van der Waals surface area contributed by atoms with Crippen molar-refractivity contribution in [1.82, 2.24) is 0 Å². The molecule has 0 spiro atoms. The minimum atomic E-state index is 0.0388. The zero-order valence-electron chi connectivity index (χ0n) is 20.6. The van der Waals surface area contributed by atoms with Gasteiger partial charge < -0.3 is 4.74 Å². The second kappa shape index (κ2) is 22.2. The van der Waals surface area contributed by atoms with Crippen molar-refractivity contribution in [2.75, 3.05) is 6.61 Å². The van der Waals surface area contributed by atoms with E-state index in [0.29, 0.717) is 12.5 Å². The summed E-state index contributed by atoms with van der Waals surface area (Å²) in [7, 11) is 0. The summed E-state index contributed by atoms with van der Waals surface area (Å²) in [5.41, 5.74) is 0. The maximum absolute atomic E-state index is 12.4. The van der Waals surface area contributed by atoms with Gasteiger partial charge in [-0.3, -0.25) is 4.79 Å². The van der Waals surface area contributed by atoms with Crippen LogP contribution in [0.3, 0.4) is 0 Å². The Hall–Kier alpha value is -0.530. The van der Waals surface area contributed by atoms with E-state index in [1.54, 1.807) is 0 Å². The number of hydrogen-bond donors (Lipinski definition) is 0. The van der Waals surface area contributed by atoms with E-state index < -0.39 is 0 Å². The van der Waals surface area contributed by atoms with Gasteiger partial charge in [0, 0.05) is 0 Å². The summed E-state index contributed by atoms with van der Waals surface area (Å²) in [5.74, 6) is 0.676. The highest BCUT2D eigenvalue weighted by atomic mass is 16.5. The Morgan fingerprint density at radius 3 is 1.48 bits per heavy atom. The smallest absolute Gasteiger partial charge is 0.308 e. The summed E-state index contributed by atoms with van der Waals surface area (Å²) in [6.07, 6.45) is 24.5. The number of carbonyl (C=O) groups is 1. The maximum Gasteiger partial charge on any atom is 0.308 e. The molecular formula is C27H54O2. The van der Waals surface area contributed by atoms with Crippen LogP contribution in [0.2, 0.25) is 0 Å². The van der Waals surface area contributed by atoms with Crippen molar-refractivity contribution in [3.8, 4) is 0 Å². The monoisotopic (exact) mass is 410 g/mol. The Morgan fingerprint density at radius 2 is 0.966 bits per heavy atom. The molecule has 0 aliphatic rings. The van der Waals surface area contributed by atoms with Crippen LogP contribution in [0, 0.1) is 11.8 Å². The Labute approximate surface area is 184 Å². The summed E-state index contributed by atoms with van der Waals surface area (Å²) < 4.78 is 5.76. The van der Waals surface area contributed by atoms with Crippen LogP contribution in [0.4, 0.5) is 0 Å². The molecule has 174 valence electrons. The number of hydrogen-bond acceptors (Lipinski definition) is 2. The zero-order chi connectivity index (χ0) is 21.6. The van der Waals surface area contributed by atoms with E-state index in [9.17, 15) is 4.79 Å². The number of unbranched alkanes of at least 4 members (excludes halogenated alkanes) is 13. The molecule has 0 aromatic carbocycles. The number of ether oxygens (including phenoxy) is 1. The molecule has 0 fully saturated rings. The highest BCUT2D eigenvalue weighted by Gasteiger charge is 2.17. The van der Waals surface area contributed by atoms with Crippen LogP contribution < -0.4 is 0 Å². The first-order valence-electron chi connectivity index (χ1n) is 13.3. The molecule has 0 heterocycles. The van der Waals surface area contributed by atoms with Crippen molar-refractivity contribution in [3.05, 3.63) is 0 Å². The van der Waals surface area contributed by atoms with Gasteiger partial charge in [0.15, 0.2) is 0 Å². The predicted molar refractivity (Wildman–Crippen MR) is 128 cm³/mol. The average molecular weight is 411 g/mol. The minimum absolute atomic E-state index is 0.0388. The van der Waals surface area contributed by atoms with Crippen molar-refractivity contribution >= 4 is 5.97 Å². The van der Waals surface area contributed by atoms with E-state index in [1.807, 2.05) is 6.92 Å². The first kappa shape index (κ1) is 28.5. The lowest BCUT2D eigenvalue weighted by Gasteiger charge is -2.19. The van der Waals surface area contributed by atoms with E-state index in [1.165, 1.54) is 109 Å². The van der Waals surface area contributed by atoms with Crippen LogP contribution in [-0.4, -0.2) is 12.6 Å². The fourth-order valence-corrected chi connectivity index (χ4v) is 4.08. The first-order valence-corrected chi connectivity index (χ1v) is 13.3. The van der Waals surface area contributed by atoms with E-state index >= 15 is 0 Å². The van der Waals surface area contributed by atoms with Crippen LogP contribution in [0.5, 0.6) is 0 Å². The predicted octanol–water partition coefficient (Wildman–Crippen LogP) is 9.25. The molecule has 2 unspecified atom stereocenters. The molecule has 0 radical (unpaired) electrons. The third-order valence-corrected chi connectivity index (χ3v) is 6.29. The van der Waals surface area contributed by atoms with Crippen molar-refractivity contribution in [2.45, 2.75) is 150 Å². The second-order valence-electron chi connectivity index (χ2n) is 9.36. The van der Waals surface area contributed by atoms with Gasteiger partial charge in [0.25, 0.3) is 0 Å². The highest BCUT2D eigenvalue weighted by Crippen LogP contribution is 2.20. The molecule has 0 aromatic heterocycles. The first-order chi connectivity index (χ1) is 14.2. The van der Waals surface area contributed by atoms with Crippen molar-refractivity contribution in [3.63, 3.8) is 0 Å². The summed E-state index contributed by atoms with van der Waals surface area (Å²) in [4.78, 5) is 12.4. The molecule has 2 nitrogen and oxygen atoms in total. The van der Waals surface area contributed by atoms with Gasteiger partial charge in [0.1, 0.15) is 0 Å². The van der Waals surface area contributed by atoms with E-state index in [-0.39, 0.29) is 11.9 Å². The summed E-state index contributed by atoms with van der Waals surface area (Å²) in [5, 5.41) is 0. The Kier molecular flexibility index (Phi) is 21.8. The summed E-state index contributed by atoms with van der Waals surface area (Å²) >= 11 is 0. The minimum Gasteiger partial charge on any atom is -0.465 e. The Morgan fingerprint density at radius 1 is 0.586 bits per heavy atom. The molecule has 0 amide bonds. The van der Waals surface area contributed by atoms with Gasteiger partial charge in [-0.05, 0) is 25.2 Å². The van der Waals surface area contributed by atoms with E-state index in [4.69, 9.17) is 4.74 Å². The quantitative estimate of drug-likeness (QED) is 0.131. The maximum atomic E-state index is 12.4. The largest absolute Gasteiger partial charge is 0.465 e. The number of esters is 1. The normalized spacial score (nSPS) is 13.4. The number of rotatable bonds is 22. The van der Waals surface area contributed by atoms with E-state index in [0.717, 1.165) is 12.8 Å². The second-order valence-corrected chi connectivity index (χ2v) is 9.36. The van der Waals surface area contributed by atoms with Gasteiger partial charge in [0.2, 0.25) is 0 Å². The fourth-order valence-electron chi connectivity index (χ4n) is 4.08. The third kappa shape index (κ3) is 19.2. The SMILES string of the molecule is CCCCCCCCCCC(CCCCC)COC(=O)C(C)CCCCCCC. The average Bonchev–Trinajstić information content (AvgIpc) is 2.72. The molecule has 29 heavy (non-hydrogen) atoms. The standard InChI is InChI=1S/C27H54O2/c1-5-8-11-13-14-15-17-20-23-26(22-18-10-7-3)24-29-27(28)25(4)21-19-16-12-9-6-2/h25-26H,5-24H2,1-4H3. The van der Waals surface area contributed by atoms with Gasteiger partial charge in [0.05, 0.1) is 12.5 Å². The third-order valence-electron chi connectivity index (χ3n) is 6.29. The molecular weight excluding hydrogens is 356 g/mol. The lowest BCUT2D eigenvalue weighted by atomic mass is 9.95. The Bertz CT molecular complexity index is 339. The summed E-state index contributed by atoms with van der Waals surface area (Å²) in [6, 6.07) is 0. The van der Waals surface area contributed by atoms with Gasteiger partial charge in [-0.2, -0.15) is 0 Å². The molecule has 0 bridgehead atoms. The van der Waals surface area contributed by atoms with Crippen LogP contribution in [-0.2, 0) is 9.53 Å². The van der Waals surface area contributed by atoms with Gasteiger partial charge >= 0.3 is 5.97 Å². The van der Waals surface area contributed by atoms with Crippen molar-refractivity contribution in [1.29, 1.82) is 0 Å². The van der Waals surface area contributed by atoms with Crippen LogP contribution in [0.25, 0.3) is 0 Å². The molecule has 0 N–H and O–H groups in total. The lowest BCUT2D eigenvalue weighted by molar-refractivity contribution is -0.149. The molecule has 0 rings (SSSR count). The number of carbonyl (C=O) groups excluding carboxylic acids is 1. The molecule has 0 aliphatic heterocycles. The lowest BCUT2D eigenvalue weighted by Crippen LogP contribution is -2.19. The molecule has 2 atom stereocenters. The van der Waals surface area contributed by atoms with Crippen LogP contribution in [0.1, 0.15) is 150 Å². The van der Waals surface area contributed by atoms with Gasteiger partial charge in [-0.15, -0.1) is 0 Å². The topological polar surface area (TPSA) is 26.3 Å². The molecule has 0 saturated heterocycles. The van der Waals surface area contributed by atoms with E-state index in [2.05, 4.69) is 20.8 Å². The molecule has 0 aliphatic carbocycles. The van der Waals surface area contributed by atoms with Gasteiger partial charge in [-0.1, -0.05) is 130 Å². The van der Waals surface area contributed by atoms with Gasteiger partial charge in [-0.25, -0.2) is 0 Å². The molecule has 2 heteroatoms. The summed E-state index contributed by atoms with van der Waals surface area (Å²) in [6.45, 7) is 9.48. The highest BCUT2D eigenvalue weighted by molar-refractivity contribution is 5.71. The zero-order valence-corrected chi connectivity index (χ0v) is 20.6. The fraction of sp³-hybridized carbons (Fsp3) is 0.963. The van der Waals surface area contributed by atoms with Crippen LogP contribution in [0.15, 0.2) is 0 Å². The molecule has 0 saturated carbocycles.